The van der Waals surface area contributed by atoms with Crippen LogP contribution in [-0.4, -0.2) is 11.8 Å². The quantitative estimate of drug-likeness (QED) is 0.807. The van der Waals surface area contributed by atoms with Crippen molar-refractivity contribution in [3.63, 3.8) is 0 Å². The Kier molecular flexibility index (Phi) is 4.30. The van der Waals surface area contributed by atoms with Gasteiger partial charge in [0.25, 0.3) is 0 Å². The van der Waals surface area contributed by atoms with E-state index in [9.17, 15) is 0 Å². The molecule has 0 heterocycles. The van der Waals surface area contributed by atoms with Gasteiger partial charge in [0.05, 0.1) is 0 Å². The summed E-state index contributed by atoms with van der Waals surface area (Å²) in [6, 6.07) is 8.81. The van der Waals surface area contributed by atoms with Gasteiger partial charge in [-0.25, -0.2) is 0 Å². The van der Waals surface area contributed by atoms with Crippen molar-refractivity contribution < 1.29 is 0 Å². The van der Waals surface area contributed by atoms with Gasteiger partial charge in [-0.05, 0) is 37.8 Å². The summed E-state index contributed by atoms with van der Waals surface area (Å²) in [4.78, 5) is 1.37. The first-order valence-corrected chi connectivity index (χ1v) is 7.11. The Bertz CT molecular complexity index is 314. The van der Waals surface area contributed by atoms with Crippen LogP contribution in [0.3, 0.4) is 0 Å². The van der Waals surface area contributed by atoms with Crippen molar-refractivity contribution >= 4 is 11.8 Å². The molecular weight excluding hydrogens is 214 g/mol. The predicted molar refractivity (Wildman–Crippen MR) is 71.8 cm³/mol. The lowest BCUT2D eigenvalue weighted by Crippen LogP contribution is -2.24. The van der Waals surface area contributed by atoms with Crippen LogP contribution >= 0.6 is 11.8 Å². The second kappa shape index (κ2) is 5.74. The highest BCUT2D eigenvalue weighted by molar-refractivity contribution is 8.00. The minimum absolute atomic E-state index is 0.616. The van der Waals surface area contributed by atoms with Crippen LogP contribution in [0.4, 0.5) is 0 Å². The van der Waals surface area contributed by atoms with E-state index in [2.05, 4.69) is 31.2 Å². The first-order valence-electron chi connectivity index (χ1n) is 6.23. The van der Waals surface area contributed by atoms with Crippen molar-refractivity contribution in [1.29, 1.82) is 0 Å². The van der Waals surface area contributed by atoms with Gasteiger partial charge in [0.15, 0.2) is 0 Å². The molecule has 0 radical (unpaired) electrons. The summed E-state index contributed by atoms with van der Waals surface area (Å²) < 4.78 is 0. The van der Waals surface area contributed by atoms with Crippen molar-refractivity contribution in [3.05, 3.63) is 29.8 Å². The van der Waals surface area contributed by atoms with Crippen LogP contribution in [-0.2, 0) is 0 Å². The van der Waals surface area contributed by atoms with Crippen LogP contribution in [0.25, 0.3) is 0 Å². The average molecular weight is 235 g/mol. The van der Waals surface area contributed by atoms with Crippen LogP contribution in [0.1, 0.15) is 31.2 Å². The van der Waals surface area contributed by atoms with Crippen molar-refractivity contribution in [2.75, 3.05) is 6.54 Å². The molecule has 1 saturated carbocycles. The third-order valence-corrected chi connectivity index (χ3v) is 4.89. The highest BCUT2D eigenvalue weighted by Gasteiger charge is 2.24. The van der Waals surface area contributed by atoms with Crippen LogP contribution in [0, 0.1) is 12.8 Å². The molecule has 2 rings (SSSR count). The Labute approximate surface area is 103 Å². The molecule has 1 aliphatic rings. The molecule has 88 valence electrons. The maximum Gasteiger partial charge on any atom is 0.0245 e. The highest BCUT2D eigenvalue weighted by atomic mass is 32.2. The molecule has 0 aliphatic heterocycles. The maximum atomic E-state index is 5.91. The van der Waals surface area contributed by atoms with Gasteiger partial charge in [-0.2, -0.15) is 0 Å². The van der Waals surface area contributed by atoms with Crippen LogP contribution in [0.2, 0.25) is 0 Å². The van der Waals surface area contributed by atoms with E-state index < -0.39 is 0 Å². The number of aryl methyl sites for hydroxylation is 1. The topological polar surface area (TPSA) is 26.0 Å². The van der Waals surface area contributed by atoms with E-state index in [1.165, 1.54) is 36.1 Å². The van der Waals surface area contributed by atoms with Crippen molar-refractivity contribution in [2.45, 2.75) is 42.8 Å². The third kappa shape index (κ3) is 3.02. The third-order valence-electron chi connectivity index (χ3n) is 3.47. The minimum atomic E-state index is 0.616. The molecule has 1 fully saturated rings. The molecule has 16 heavy (non-hydrogen) atoms. The number of benzene rings is 1. The Morgan fingerprint density at radius 1 is 1.25 bits per heavy atom. The number of hydrogen-bond donors (Lipinski definition) is 1. The van der Waals surface area contributed by atoms with Gasteiger partial charge >= 0.3 is 0 Å². The molecule has 0 bridgehead atoms. The zero-order valence-electron chi connectivity index (χ0n) is 9.99. The summed E-state index contributed by atoms with van der Waals surface area (Å²) in [7, 11) is 0. The zero-order valence-corrected chi connectivity index (χ0v) is 10.8. The summed E-state index contributed by atoms with van der Waals surface area (Å²) in [5, 5.41) is 0.616. The first kappa shape index (κ1) is 12.0. The second-order valence-electron chi connectivity index (χ2n) is 4.75. The summed E-state index contributed by atoms with van der Waals surface area (Å²) >= 11 is 1.97. The van der Waals surface area contributed by atoms with Gasteiger partial charge in [0.1, 0.15) is 0 Å². The second-order valence-corrected chi connectivity index (χ2v) is 6.06. The smallest absolute Gasteiger partial charge is 0.0245 e. The molecule has 2 heteroatoms. The van der Waals surface area contributed by atoms with Gasteiger partial charge in [0.2, 0.25) is 0 Å². The monoisotopic (exact) mass is 235 g/mol. The minimum Gasteiger partial charge on any atom is -0.329 e. The summed E-state index contributed by atoms with van der Waals surface area (Å²) in [5.74, 6) is 0.844. The number of rotatable bonds is 4. The molecule has 2 N–H and O–H groups in total. The van der Waals surface area contributed by atoms with Crippen molar-refractivity contribution in [3.8, 4) is 0 Å². The van der Waals surface area contributed by atoms with Crippen molar-refractivity contribution in [2.24, 2.45) is 11.7 Å². The van der Waals surface area contributed by atoms with E-state index in [4.69, 9.17) is 5.73 Å². The Hall–Kier alpha value is -0.470. The SMILES string of the molecule is Cc1ccc(SC(CN)C2CCCC2)cc1. The molecule has 1 aliphatic carbocycles. The van der Waals surface area contributed by atoms with Gasteiger partial charge < -0.3 is 5.73 Å². The summed E-state index contributed by atoms with van der Waals surface area (Å²) in [6.45, 7) is 2.94. The average Bonchev–Trinajstić information content (AvgIpc) is 2.82. The Morgan fingerprint density at radius 3 is 2.44 bits per heavy atom. The highest BCUT2D eigenvalue weighted by Crippen LogP contribution is 2.36. The predicted octanol–water partition coefficient (Wildman–Crippen LogP) is 3.60. The fraction of sp³-hybridized carbons (Fsp3) is 0.571. The van der Waals surface area contributed by atoms with Crippen LogP contribution in [0.15, 0.2) is 29.2 Å². The molecule has 0 aromatic heterocycles. The number of hydrogen-bond acceptors (Lipinski definition) is 2. The molecule has 1 nitrogen and oxygen atoms in total. The molecule has 0 saturated heterocycles. The van der Waals surface area contributed by atoms with E-state index in [0.717, 1.165) is 12.5 Å². The molecule has 0 amide bonds. The van der Waals surface area contributed by atoms with E-state index >= 15 is 0 Å². The fourth-order valence-electron chi connectivity index (χ4n) is 2.46. The molecule has 1 aromatic carbocycles. The van der Waals surface area contributed by atoms with Gasteiger partial charge in [-0.1, -0.05) is 30.5 Å². The molecule has 1 aromatic rings. The molecule has 0 spiro atoms. The zero-order chi connectivity index (χ0) is 11.4. The molecular formula is C14H21NS. The first-order chi connectivity index (χ1) is 7.79. The lowest BCUT2D eigenvalue weighted by Gasteiger charge is -2.21. The Balaban J connectivity index is 1.97. The lowest BCUT2D eigenvalue weighted by molar-refractivity contribution is 0.525. The normalized spacial score (nSPS) is 18.9. The summed E-state index contributed by atoms with van der Waals surface area (Å²) in [6.07, 6.45) is 5.55. The van der Waals surface area contributed by atoms with Crippen LogP contribution < -0.4 is 5.73 Å². The largest absolute Gasteiger partial charge is 0.329 e. The number of thioether (sulfide) groups is 1. The molecule has 1 atom stereocenters. The van der Waals surface area contributed by atoms with Gasteiger partial charge in [-0.15, -0.1) is 11.8 Å². The van der Waals surface area contributed by atoms with Gasteiger partial charge in [-0.3, -0.25) is 0 Å². The molecule has 1 unspecified atom stereocenters. The lowest BCUT2D eigenvalue weighted by atomic mass is 10.0. The Morgan fingerprint density at radius 2 is 1.88 bits per heavy atom. The van der Waals surface area contributed by atoms with E-state index in [0.29, 0.717) is 5.25 Å². The maximum absolute atomic E-state index is 5.91. The van der Waals surface area contributed by atoms with E-state index in [-0.39, 0.29) is 0 Å². The van der Waals surface area contributed by atoms with Crippen LogP contribution in [0.5, 0.6) is 0 Å². The van der Waals surface area contributed by atoms with E-state index in [1.807, 2.05) is 11.8 Å². The fourth-order valence-corrected chi connectivity index (χ4v) is 3.66. The van der Waals surface area contributed by atoms with Gasteiger partial charge in [0, 0.05) is 16.7 Å². The standard InChI is InChI=1S/C14H21NS/c1-11-6-8-13(9-7-11)16-14(10-15)12-4-2-3-5-12/h6-9,12,14H,2-5,10,15H2,1H3. The van der Waals surface area contributed by atoms with Crippen molar-refractivity contribution in [1.82, 2.24) is 0 Å². The number of nitrogens with two attached hydrogens (primary N) is 1. The van der Waals surface area contributed by atoms with E-state index in [1.54, 1.807) is 0 Å². The summed E-state index contributed by atoms with van der Waals surface area (Å²) in [5.41, 5.74) is 7.24.